The first-order chi connectivity index (χ1) is 9.10. The van der Waals surface area contributed by atoms with Crippen LogP contribution in [0.1, 0.15) is 5.56 Å². The number of non-ortho nitro benzene ring substituents is 1. The highest BCUT2D eigenvalue weighted by Crippen LogP contribution is 2.33. The van der Waals surface area contributed by atoms with E-state index in [0.29, 0.717) is 16.7 Å². The first-order valence-corrected chi connectivity index (χ1v) is 6.28. The summed E-state index contributed by atoms with van der Waals surface area (Å²) in [6, 6.07) is 11.2. The summed E-state index contributed by atoms with van der Waals surface area (Å²) in [5, 5.41) is 11.0. The van der Waals surface area contributed by atoms with Crippen LogP contribution < -0.4 is 4.74 Å². The van der Waals surface area contributed by atoms with Crippen molar-refractivity contribution in [2.75, 3.05) is 0 Å². The van der Waals surface area contributed by atoms with Gasteiger partial charge in [0.2, 0.25) is 0 Å². The van der Waals surface area contributed by atoms with Gasteiger partial charge in [-0.1, -0.05) is 23.7 Å². The zero-order valence-corrected chi connectivity index (χ0v) is 11.2. The van der Waals surface area contributed by atoms with Crippen LogP contribution in [0.3, 0.4) is 0 Å². The predicted molar refractivity (Wildman–Crippen MR) is 74.2 cm³/mol. The molecule has 0 atom stereocenters. The van der Waals surface area contributed by atoms with Crippen molar-refractivity contribution in [1.82, 2.24) is 0 Å². The molecule has 0 aliphatic carbocycles. The summed E-state index contributed by atoms with van der Waals surface area (Å²) in [6.07, 6.45) is 0. The van der Waals surface area contributed by atoms with Crippen LogP contribution in [0.5, 0.6) is 11.5 Å². The van der Waals surface area contributed by atoms with E-state index in [9.17, 15) is 10.1 Å². The molecule has 0 radical (unpaired) electrons. The molecule has 0 amide bonds. The molecule has 4 nitrogen and oxygen atoms in total. The van der Waals surface area contributed by atoms with E-state index in [4.69, 9.17) is 27.9 Å². The average molecular weight is 298 g/mol. The number of rotatable bonds is 4. The lowest BCUT2D eigenvalue weighted by Gasteiger charge is -2.08. The molecule has 2 aromatic carbocycles. The lowest BCUT2D eigenvalue weighted by atomic mass is 10.2. The van der Waals surface area contributed by atoms with Gasteiger partial charge in [0.15, 0.2) is 5.75 Å². The van der Waals surface area contributed by atoms with Crippen molar-refractivity contribution in [3.63, 3.8) is 0 Å². The maximum absolute atomic E-state index is 10.7. The van der Waals surface area contributed by atoms with E-state index in [2.05, 4.69) is 0 Å². The van der Waals surface area contributed by atoms with E-state index in [1.165, 1.54) is 18.2 Å². The molecule has 0 aliphatic heterocycles. The van der Waals surface area contributed by atoms with E-state index in [1.807, 2.05) is 6.07 Å². The van der Waals surface area contributed by atoms with Gasteiger partial charge >= 0.3 is 0 Å². The van der Waals surface area contributed by atoms with E-state index >= 15 is 0 Å². The molecule has 0 heterocycles. The van der Waals surface area contributed by atoms with Gasteiger partial charge in [-0.25, -0.2) is 0 Å². The highest BCUT2D eigenvalue weighted by atomic mass is 35.5. The van der Waals surface area contributed by atoms with Gasteiger partial charge < -0.3 is 4.74 Å². The number of benzene rings is 2. The number of nitro groups is 1. The van der Waals surface area contributed by atoms with Crippen LogP contribution in [0.4, 0.5) is 5.69 Å². The number of ether oxygens (including phenoxy) is 1. The number of hydrogen-bond acceptors (Lipinski definition) is 3. The molecule has 2 aromatic rings. The smallest absolute Gasteiger partial charge is 0.273 e. The molecule has 0 N–H and O–H groups in total. The van der Waals surface area contributed by atoms with Crippen molar-refractivity contribution in [3.05, 3.63) is 63.2 Å². The van der Waals surface area contributed by atoms with Crippen molar-refractivity contribution >= 4 is 28.9 Å². The standard InChI is InChI=1S/C13H9Cl2NO3/c14-8-9-2-1-3-11(6-9)19-13-7-10(16(17)18)4-5-12(13)15/h1-7H,8H2. The number of hydrogen-bond donors (Lipinski definition) is 0. The molecule has 0 saturated carbocycles. The Balaban J connectivity index is 2.31. The molecule has 0 spiro atoms. The van der Waals surface area contributed by atoms with Crippen LogP contribution in [0.25, 0.3) is 0 Å². The third kappa shape index (κ3) is 3.36. The summed E-state index contributed by atoms with van der Waals surface area (Å²) < 4.78 is 5.55. The highest BCUT2D eigenvalue weighted by molar-refractivity contribution is 6.32. The molecule has 6 heteroatoms. The summed E-state index contributed by atoms with van der Waals surface area (Å²) in [4.78, 5) is 10.2. The van der Waals surface area contributed by atoms with Crippen LogP contribution in [0.15, 0.2) is 42.5 Å². The summed E-state index contributed by atoms with van der Waals surface area (Å²) >= 11 is 11.7. The van der Waals surface area contributed by atoms with E-state index < -0.39 is 4.92 Å². The minimum Gasteiger partial charge on any atom is -0.456 e. The first kappa shape index (κ1) is 13.6. The van der Waals surface area contributed by atoms with Crippen LogP contribution in [0.2, 0.25) is 5.02 Å². The quantitative estimate of drug-likeness (QED) is 0.463. The third-order valence-electron chi connectivity index (χ3n) is 2.41. The predicted octanol–water partition coefficient (Wildman–Crippen LogP) is 4.78. The Labute approximate surface area is 119 Å². The molecule has 19 heavy (non-hydrogen) atoms. The number of alkyl halides is 1. The SMILES string of the molecule is O=[N+]([O-])c1ccc(Cl)c(Oc2cccc(CCl)c2)c1. The molecule has 98 valence electrons. The minimum atomic E-state index is -0.502. The molecule has 0 aromatic heterocycles. The van der Waals surface area contributed by atoms with Gasteiger partial charge in [0.1, 0.15) is 5.75 Å². The Kier molecular flexibility index (Phi) is 4.24. The monoisotopic (exact) mass is 297 g/mol. The van der Waals surface area contributed by atoms with Crippen molar-refractivity contribution in [1.29, 1.82) is 0 Å². The normalized spacial score (nSPS) is 10.2. The van der Waals surface area contributed by atoms with Gasteiger partial charge in [-0.05, 0) is 23.8 Å². The van der Waals surface area contributed by atoms with E-state index in [0.717, 1.165) is 5.56 Å². The number of nitro benzene ring substituents is 1. The maximum atomic E-state index is 10.7. The lowest BCUT2D eigenvalue weighted by molar-refractivity contribution is -0.384. The van der Waals surface area contributed by atoms with Gasteiger partial charge in [-0.3, -0.25) is 10.1 Å². The van der Waals surface area contributed by atoms with Gasteiger partial charge in [-0.2, -0.15) is 0 Å². The topological polar surface area (TPSA) is 52.4 Å². The third-order valence-corrected chi connectivity index (χ3v) is 3.03. The Morgan fingerprint density at radius 3 is 2.68 bits per heavy atom. The average Bonchev–Trinajstić information content (AvgIpc) is 2.41. The summed E-state index contributed by atoms with van der Waals surface area (Å²) in [5.41, 5.74) is 0.814. The van der Waals surface area contributed by atoms with Crippen molar-refractivity contribution < 1.29 is 9.66 Å². The van der Waals surface area contributed by atoms with Crippen molar-refractivity contribution in [2.24, 2.45) is 0 Å². The first-order valence-electron chi connectivity index (χ1n) is 5.37. The molecule has 0 aliphatic rings. The zero-order chi connectivity index (χ0) is 13.8. The molecule has 0 unspecified atom stereocenters. The second kappa shape index (κ2) is 5.91. The van der Waals surface area contributed by atoms with Crippen LogP contribution >= 0.6 is 23.2 Å². The number of halogens is 2. The molecule has 0 saturated heterocycles. The zero-order valence-electron chi connectivity index (χ0n) is 9.68. The number of nitrogens with zero attached hydrogens (tertiary/aromatic N) is 1. The van der Waals surface area contributed by atoms with Crippen molar-refractivity contribution in [3.8, 4) is 11.5 Å². The molecule has 2 rings (SSSR count). The minimum absolute atomic E-state index is 0.0760. The summed E-state index contributed by atoms with van der Waals surface area (Å²) in [7, 11) is 0. The van der Waals surface area contributed by atoms with Gasteiger partial charge in [0.25, 0.3) is 5.69 Å². The summed E-state index contributed by atoms with van der Waals surface area (Å²) in [5.74, 6) is 1.13. The summed E-state index contributed by atoms with van der Waals surface area (Å²) in [6.45, 7) is 0. The second-order valence-corrected chi connectivity index (χ2v) is 4.43. The molecule has 0 bridgehead atoms. The Hall–Kier alpha value is -1.78. The van der Waals surface area contributed by atoms with Crippen LogP contribution in [-0.4, -0.2) is 4.92 Å². The molecule has 0 fully saturated rings. The Morgan fingerprint density at radius 2 is 2.00 bits per heavy atom. The van der Waals surface area contributed by atoms with Crippen LogP contribution in [-0.2, 0) is 5.88 Å². The largest absolute Gasteiger partial charge is 0.456 e. The van der Waals surface area contributed by atoms with Crippen LogP contribution in [0, 0.1) is 10.1 Å². The fraction of sp³-hybridized carbons (Fsp3) is 0.0769. The maximum Gasteiger partial charge on any atom is 0.273 e. The lowest BCUT2D eigenvalue weighted by Crippen LogP contribution is -1.91. The fourth-order valence-electron chi connectivity index (χ4n) is 1.50. The Morgan fingerprint density at radius 1 is 1.21 bits per heavy atom. The fourth-order valence-corrected chi connectivity index (χ4v) is 1.83. The van der Waals surface area contributed by atoms with Gasteiger partial charge in [0.05, 0.1) is 16.0 Å². The molecular formula is C13H9Cl2NO3. The Bertz CT molecular complexity index is 617. The van der Waals surface area contributed by atoms with E-state index in [1.54, 1.807) is 18.2 Å². The van der Waals surface area contributed by atoms with Gasteiger partial charge in [0, 0.05) is 11.9 Å². The highest BCUT2D eigenvalue weighted by Gasteiger charge is 2.11. The van der Waals surface area contributed by atoms with Gasteiger partial charge in [-0.15, -0.1) is 11.6 Å². The van der Waals surface area contributed by atoms with Crippen molar-refractivity contribution in [2.45, 2.75) is 5.88 Å². The second-order valence-electron chi connectivity index (χ2n) is 3.75. The van der Waals surface area contributed by atoms with E-state index in [-0.39, 0.29) is 11.4 Å². The molecular weight excluding hydrogens is 289 g/mol.